The third kappa shape index (κ3) is 4.53. The molecule has 1 aliphatic rings. The van der Waals surface area contributed by atoms with Crippen molar-refractivity contribution in [3.05, 3.63) is 16.1 Å². The number of aromatic nitrogens is 1. The zero-order chi connectivity index (χ0) is 13.7. The van der Waals surface area contributed by atoms with Crippen molar-refractivity contribution in [2.45, 2.75) is 51.2 Å². The normalized spacial score (nSPS) is 19.1. The molecule has 1 atom stereocenters. The predicted molar refractivity (Wildman–Crippen MR) is 77.6 cm³/mol. The van der Waals surface area contributed by atoms with E-state index in [-0.39, 0.29) is 5.54 Å². The van der Waals surface area contributed by atoms with Gasteiger partial charge >= 0.3 is 0 Å². The molecule has 0 spiro atoms. The molecular formula is C14H24N2O2S. The average molecular weight is 284 g/mol. The summed E-state index contributed by atoms with van der Waals surface area (Å²) in [7, 11) is 0. The first kappa shape index (κ1) is 14.9. The summed E-state index contributed by atoms with van der Waals surface area (Å²) in [5, 5.41) is 13.3. The fourth-order valence-corrected chi connectivity index (χ4v) is 3.02. The van der Waals surface area contributed by atoms with Gasteiger partial charge in [-0.15, -0.1) is 11.3 Å². The number of hydrogen-bond donors (Lipinski definition) is 2. The molecule has 0 radical (unpaired) electrons. The van der Waals surface area contributed by atoms with Crippen LogP contribution in [0.5, 0.6) is 0 Å². The van der Waals surface area contributed by atoms with Crippen LogP contribution in [-0.4, -0.2) is 41.5 Å². The minimum absolute atomic E-state index is 0.251. The summed E-state index contributed by atoms with van der Waals surface area (Å²) < 4.78 is 5.53. The van der Waals surface area contributed by atoms with E-state index >= 15 is 0 Å². The number of thiazole rings is 1. The average Bonchev–Trinajstić information content (AvgIpc) is 2.75. The highest BCUT2D eigenvalue weighted by atomic mass is 32.1. The minimum Gasteiger partial charge on any atom is -0.389 e. The highest BCUT2D eigenvalue weighted by Gasteiger charge is 2.31. The first-order valence-electron chi connectivity index (χ1n) is 6.99. The molecule has 1 aliphatic carbocycles. The maximum atomic E-state index is 9.85. The van der Waals surface area contributed by atoms with E-state index < -0.39 is 6.10 Å². The zero-order valence-corrected chi connectivity index (χ0v) is 12.6. The second kappa shape index (κ2) is 6.79. The van der Waals surface area contributed by atoms with E-state index in [4.69, 9.17) is 4.74 Å². The maximum absolute atomic E-state index is 9.85. The van der Waals surface area contributed by atoms with Crippen LogP contribution in [0.15, 0.2) is 5.51 Å². The Hall–Kier alpha value is -0.490. The van der Waals surface area contributed by atoms with Gasteiger partial charge in [0.15, 0.2) is 0 Å². The van der Waals surface area contributed by atoms with E-state index in [1.165, 1.54) is 24.1 Å². The van der Waals surface area contributed by atoms with Gasteiger partial charge in [0.05, 0.1) is 30.5 Å². The van der Waals surface area contributed by atoms with Crippen molar-refractivity contribution in [1.29, 1.82) is 0 Å². The Kier molecular flexibility index (Phi) is 5.33. The second-order valence-corrected chi connectivity index (χ2v) is 6.57. The van der Waals surface area contributed by atoms with Gasteiger partial charge in [0.2, 0.25) is 0 Å². The smallest absolute Gasteiger partial charge is 0.0897 e. The van der Waals surface area contributed by atoms with Crippen molar-refractivity contribution in [2.24, 2.45) is 0 Å². The van der Waals surface area contributed by atoms with Crippen LogP contribution in [-0.2, 0) is 11.2 Å². The highest BCUT2D eigenvalue weighted by Crippen LogP contribution is 2.30. The molecule has 1 aromatic rings. The first-order valence-corrected chi connectivity index (χ1v) is 7.87. The van der Waals surface area contributed by atoms with E-state index in [1.54, 1.807) is 11.3 Å². The molecule has 0 aliphatic heterocycles. The van der Waals surface area contributed by atoms with E-state index in [0.29, 0.717) is 19.8 Å². The molecule has 19 heavy (non-hydrogen) atoms. The summed E-state index contributed by atoms with van der Waals surface area (Å²) in [4.78, 5) is 5.48. The molecule has 1 aromatic heterocycles. The Labute approximate surface area is 119 Å². The lowest BCUT2D eigenvalue weighted by molar-refractivity contribution is 0.0305. The zero-order valence-electron chi connectivity index (χ0n) is 11.8. The number of β-amino-alcohol motifs (C(OH)–C–C–N with tert-alkyl or cyclic N) is 1. The van der Waals surface area contributed by atoms with Crippen molar-refractivity contribution in [3.8, 4) is 0 Å². The van der Waals surface area contributed by atoms with E-state index in [9.17, 15) is 5.11 Å². The number of ether oxygens (including phenoxy) is 1. The number of hydrogen-bond acceptors (Lipinski definition) is 5. The molecule has 0 saturated heterocycles. The van der Waals surface area contributed by atoms with E-state index in [1.807, 2.05) is 12.4 Å². The molecule has 0 aromatic carbocycles. The lowest BCUT2D eigenvalue weighted by Gasteiger charge is -2.40. The van der Waals surface area contributed by atoms with Crippen molar-refractivity contribution in [1.82, 2.24) is 10.3 Å². The third-order valence-corrected chi connectivity index (χ3v) is 4.84. The van der Waals surface area contributed by atoms with E-state index in [0.717, 1.165) is 12.1 Å². The molecular weight excluding hydrogens is 260 g/mol. The fraction of sp³-hybridized carbons (Fsp3) is 0.786. The predicted octanol–water partition coefficient (Wildman–Crippen LogP) is 1.90. The van der Waals surface area contributed by atoms with Crippen molar-refractivity contribution in [3.63, 3.8) is 0 Å². The first-order chi connectivity index (χ1) is 9.09. The summed E-state index contributed by atoms with van der Waals surface area (Å²) in [6, 6.07) is 0. The maximum Gasteiger partial charge on any atom is 0.0897 e. The molecule has 4 nitrogen and oxygen atoms in total. The Morgan fingerprint density at radius 1 is 1.58 bits per heavy atom. The molecule has 0 bridgehead atoms. The van der Waals surface area contributed by atoms with Crippen LogP contribution in [0.1, 0.15) is 36.8 Å². The summed E-state index contributed by atoms with van der Waals surface area (Å²) in [6.45, 7) is 5.91. The summed E-state index contributed by atoms with van der Waals surface area (Å²) in [6.07, 6.45) is 4.19. The van der Waals surface area contributed by atoms with Gasteiger partial charge in [-0.3, -0.25) is 0 Å². The Morgan fingerprint density at radius 2 is 2.37 bits per heavy atom. The molecule has 108 valence electrons. The molecule has 1 unspecified atom stereocenters. The van der Waals surface area contributed by atoms with Crippen LogP contribution in [0.2, 0.25) is 0 Å². The topological polar surface area (TPSA) is 54.4 Å². The summed E-state index contributed by atoms with van der Waals surface area (Å²) >= 11 is 1.67. The number of rotatable bonds is 8. The van der Waals surface area contributed by atoms with Gasteiger partial charge in [0.25, 0.3) is 0 Å². The Bertz CT molecular complexity index is 391. The largest absolute Gasteiger partial charge is 0.389 e. The number of nitrogens with zero attached hydrogens (tertiary/aromatic N) is 1. The second-order valence-electron chi connectivity index (χ2n) is 5.63. The van der Waals surface area contributed by atoms with Crippen LogP contribution >= 0.6 is 11.3 Å². The standard InChI is InChI=1S/C14H24N2O2S/c1-11-13(19-10-15-11)4-7-18-9-12(17)8-16-14(2)5-3-6-14/h10,12,16-17H,3-9H2,1-2H3. The van der Waals surface area contributed by atoms with Gasteiger partial charge in [-0.05, 0) is 33.1 Å². The van der Waals surface area contributed by atoms with Crippen LogP contribution < -0.4 is 5.32 Å². The number of nitrogens with one attached hydrogen (secondary N) is 1. The molecule has 5 heteroatoms. The fourth-order valence-electron chi connectivity index (χ4n) is 2.26. The monoisotopic (exact) mass is 284 g/mol. The molecule has 1 heterocycles. The highest BCUT2D eigenvalue weighted by molar-refractivity contribution is 7.09. The van der Waals surface area contributed by atoms with Gasteiger partial charge in [0, 0.05) is 23.4 Å². The lowest BCUT2D eigenvalue weighted by Crippen LogP contribution is -2.51. The molecule has 0 amide bonds. The van der Waals surface area contributed by atoms with Gasteiger partial charge < -0.3 is 15.2 Å². The van der Waals surface area contributed by atoms with Gasteiger partial charge in [0.1, 0.15) is 0 Å². The number of aliphatic hydroxyl groups is 1. The molecule has 1 fully saturated rings. The van der Waals surface area contributed by atoms with Crippen molar-refractivity contribution >= 4 is 11.3 Å². The molecule has 1 saturated carbocycles. The van der Waals surface area contributed by atoms with Crippen LogP contribution in [0.25, 0.3) is 0 Å². The van der Waals surface area contributed by atoms with Crippen LogP contribution in [0, 0.1) is 6.92 Å². The van der Waals surface area contributed by atoms with Gasteiger partial charge in [-0.1, -0.05) is 0 Å². The third-order valence-electron chi connectivity index (χ3n) is 3.85. The molecule has 2 rings (SSSR count). The van der Waals surface area contributed by atoms with Crippen LogP contribution in [0.3, 0.4) is 0 Å². The van der Waals surface area contributed by atoms with Crippen LogP contribution in [0.4, 0.5) is 0 Å². The van der Waals surface area contributed by atoms with E-state index in [2.05, 4.69) is 17.2 Å². The Morgan fingerprint density at radius 3 is 2.95 bits per heavy atom. The van der Waals surface area contributed by atoms with Crippen molar-refractivity contribution < 1.29 is 9.84 Å². The Balaban J connectivity index is 1.54. The van der Waals surface area contributed by atoms with Gasteiger partial charge in [-0.25, -0.2) is 4.98 Å². The minimum atomic E-state index is -0.417. The number of aliphatic hydroxyl groups excluding tert-OH is 1. The van der Waals surface area contributed by atoms with Gasteiger partial charge in [-0.2, -0.15) is 0 Å². The quantitative estimate of drug-likeness (QED) is 0.716. The molecule has 2 N–H and O–H groups in total. The number of aryl methyl sites for hydroxylation is 1. The van der Waals surface area contributed by atoms with Crippen molar-refractivity contribution in [2.75, 3.05) is 19.8 Å². The summed E-state index contributed by atoms with van der Waals surface area (Å²) in [5.74, 6) is 0. The lowest BCUT2D eigenvalue weighted by atomic mass is 9.78. The summed E-state index contributed by atoms with van der Waals surface area (Å²) in [5.41, 5.74) is 3.21. The SMILES string of the molecule is Cc1ncsc1CCOCC(O)CNC1(C)CCC1.